The average molecular weight is 293 g/mol. The highest BCUT2D eigenvalue weighted by Crippen LogP contribution is 2.12. The average Bonchev–Trinajstić information content (AvgIpc) is 2.50. The van der Waals surface area contributed by atoms with Crippen LogP contribution in [0.15, 0.2) is 36.6 Å². The third-order valence-electron chi connectivity index (χ3n) is 3.75. The predicted molar refractivity (Wildman–Crippen MR) is 95.7 cm³/mol. The smallest absolute Gasteiger partial charge is 0.0791 e. The molecule has 0 saturated heterocycles. The van der Waals surface area contributed by atoms with Crippen molar-refractivity contribution in [2.75, 3.05) is 0 Å². The number of hydrogen-bond donors (Lipinski definition) is 1. The molecule has 0 aromatic carbocycles. The van der Waals surface area contributed by atoms with Crippen molar-refractivity contribution >= 4 is 0 Å². The van der Waals surface area contributed by atoms with Crippen LogP contribution in [0.3, 0.4) is 0 Å². The third-order valence-corrected chi connectivity index (χ3v) is 3.75. The minimum Gasteiger partial charge on any atom is -0.516 e. The summed E-state index contributed by atoms with van der Waals surface area (Å²) in [5.74, 6) is 0. The summed E-state index contributed by atoms with van der Waals surface area (Å²) in [6.07, 6.45) is 28.8. The van der Waals surface area contributed by atoms with Gasteiger partial charge in [-0.15, -0.1) is 0 Å². The van der Waals surface area contributed by atoms with Gasteiger partial charge in [0.2, 0.25) is 0 Å². The lowest BCUT2D eigenvalue weighted by atomic mass is 10.1. The summed E-state index contributed by atoms with van der Waals surface area (Å²) < 4.78 is 0. The molecule has 0 bridgehead atoms. The molecule has 0 spiro atoms. The maximum atomic E-state index is 8.44. The Labute approximate surface area is 132 Å². The zero-order chi connectivity index (χ0) is 15.4. The van der Waals surface area contributed by atoms with Crippen molar-refractivity contribution in [3.8, 4) is 0 Å². The van der Waals surface area contributed by atoms with Crippen molar-refractivity contribution < 1.29 is 5.11 Å². The van der Waals surface area contributed by atoms with Crippen LogP contribution in [-0.4, -0.2) is 5.11 Å². The predicted octanol–water partition coefficient (Wildman–Crippen LogP) is 7.26. The standard InChI is InChI=1S/C20H36O/c1-2-3-4-5-6-7-8-9-10-11-12-13-14-15-16-17-18-19-20-21/h14-15,17-21H,2-13,16H2,1H3/b15-14+,18-17+,20-19+. The number of unbranched alkanes of at least 4 members (excludes halogenated alkanes) is 11. The number of hydrogen-bond acceptors (Lipinski definition) is 1. The van der Waals surface area contributed by atoms with Crippen LogP contribution in [-0.2, 0) is 0 Å². The molecule has 0 aromatic rings. The molecule has 0 unspecified atom stereocenters. The third kappa shape index (κ3) is 19.0. The van der Waals surface area contributed by atoms with Gasteiger partial charge in [-0.1, -0.05) is 95.4 Å². The van der Waals surface area contributed by atoms with Crippen molar-refractivity contribution in [2.24, 2.45) is 0 Å². The van der Waals surface area contributed by atoms with Crippen LogP contribution in [0, 0.1) is 0 Å². The summed E-state index contributed by atoms with van der Waals surface area (Å²) in [5.41, 5.74) is 0. The second-order valence-electron chi connectivity index (χ2n) is 5.80. The highest BCUT2D eigenvalue weighted by atomic mass is 16.2. The van der Waals surface area contributed by atoms with E-state index in [9.17, 15) is 0 Å². The molecule has 0 aliphatic carbocycles. The van der Waals surface area contributed by atoms with Crippen molar-refractivity contribution in [3.63, 3.8) is 0 Å². The van der Waals surface area contributed by atoms with Crippen molar-refractivity contribution in [2.45, 2.75) is 90.4 Å². The fraction of sp³-hybridized carbons (Fsp3) is 0.700. The second kappa shape index (κ2) is 19.0. The zero-order valence-corrected chi connectivity index (χ0v) is 14.1. The molecule has 0 radical (unpaired) electrons. The summed E-state index contributed by atoms with van der Waals surface area (Å²) in [5, 5.41) is 8.44. The van der Waals surface area contributed by atoms with Crippen molar-refractivity contribution in [1.29, 1.82) is 0 Å². The first-order valence-electron chi connectivity index (χ1n) is 9.02. The molecule has 0 heterocycles. The Morgan fingerprint density at radius 2 is 1.19 bits per heavy atom. The molecule has 0 aliphatic rings. The molecular formula is C20H36O. The van der Waals surface area contributed by atoms with E-state index in [2.05, 4.69) is 19.1 Å². The normalized spacial score (nSPS) is 12.2. The van der Waals surface area contributed by atoms with Crippen LogP contribution in [0.25, 0.3) is 0 Å². The van der Waals surface area contributed by atoms with E-state index in [-0.39, 0.29) is 0 Å². The van der Waals surface area contributed by atoms with E-state index in [1.807, 2.05) is 12.2 Å². The van der Waals surface area contributed by atoms with E-state index >= 15 is 0 Å². The molecule has 0 fully saturated rings. The quantitative estimate of drug-likeness (QED) is 0.146. The first-order valence-corrected chi connectivity index (χ1v) is 9.02. The molecule has 1 heteroatoms. The summed E-state index contributed by atoms with van der Waals surface area (Å²) >= 11 is 0. The van der Waals surface area contributed by atoms with Crippen LogP contribution in [0.5, 0.6) is 0 Å². The highest BCUT2D eigenvalue weighted by Gasteiger charge is 1.92. The van der Waals surface area contributed by atoms with Crippen LogP contribution in [0.1, 0.15) is 90.4 Å². The Bertz CT molecular complexity index is 263. The van der Waals surface area contributed by atoms with E-state index in [1.165, 1.54) is 77.0 Å². The molecule has 0 aliphatic heterocycles. The van der Waals surface area contributed by atoms with E-state index in [4.69, 9.17) is 5.11 Å². The van der Waals surface area contributed by atoms with Crippen molar-refractivity contribution in [3.05, 3.63) is 36.6 Å². The number of allylic oxidation sites excluding steroid dienone is 5. The monoisotopic (exact) mass is 292 g/mol. The maximum absolute atomic E-state index is 8.44. The van der Waals surface area contributed by atoms with Gasteiger partial charge in [-0.25, -0.2) is 0 Å². The van der Waals surface area contributed by atoms with Crippen LogP contribution < -0.4 is 0 Å². The van der Waals surface area contributed by atoms with Gasteiger partial charge in [-0.2, -0.15) is 0 Å². The van der Waals surface area contributed by atoms with Gasteiger partial charge in [-0.05, 0) is 25.3 Å². The number of aliphatic hydroxyl groups is 1. The minimum absolute atomic E-state index is 0.961. The fourth-order valence-corrected chi connectivity index (χ4v) is 2.43. The van der Waals surface area contributed by atoms with Crippen molar-refractivity contribution in [1.82, 2.24) is 0 Å². The van der Waals surface area contributed by atoms with Gasteiger partial charge in [0.1, 0.15) is 0 Å². The lowest BCUT2D eigenvalue weighted by Crippen LogP contribution is -1.81. The maximum Gasteiger partial charge on any atom is 0.0791 e. The minimum atomic E-state index is 0.961. The zero-order valence-electron chi connectivity index (χ0n) is 14.1. The van der Waals surface area contributed by atoms with Gasteiger partial charge in [0.05, 0.1) is 6.26 Å². The largest absolute Gasteiger partial charge is 0.516 e. The van der Waals surface area contributed by atoms with E-state index in [1.54, 1.807) is 6.08 Å². The first kappa shape index (κ1) is 20.0. The van der Waals surface area contributed by atoms with Gasteiger partial charge in [-0.3, -0.25) is 0 Å². The molecule has 0 amide bonds. The number of rotatable bonds is 15. The molecule has 122 valence electrons. The topological polar surface area (TPSA) is 20.2 Å². The second-order valence-corrected chi connectivity index (χ2v) is 5.80. The van der Waals surface area contributed by atoms with E-state index in [0.717, 1.165) is 12.7 Å². The Morgan fingerprint density at radius 1 is 0.619 bits per heavy atom. The molecule has 1 nitrogen and oxygen atoms in total. The summed E-state index contributed by atoms with van der Waals surface area (Å²) in [4.78, 5) is 0. The Morgan fingerprint density at radius 3 is 1.76 bits per heavy atom. The van der Waals surface area contributed by atoms with Gasteiger partial charge in [0, 0.05) is 0 Å². The molecular weight excluding hydrogens is 256 g/mol. The Kier molecular flexibility index (Phi) is 18.1. The van der Waals surface area contributed by atoms with E-state index < -0.39 is 0 Å². The van der Waals surface area contributed by atoms with Gasteiger partial charge >= 0.3 is 0 Å². The van der Waals surface area contributed by atoms with Gasteiger partial charge in [0.15, 0.2) is 0 Å². The van der Waals surface area contributed by atoms with Crippen LogP contribution in [0.2, 0.25) is 0 Å². The molecule has 1 N–H and O–H groups in total. The molecule has 0 atom stereocenters. The molecule has 0 rings (SSSR count). The Balaban J connectivity index is 3.10. The lowest BCUT2D eigenvalue weighted by molar-refractivity contribution is 0.473. The van der Waals surface area contributed by atoms with Crippen LogP contribution >= 0.6 is 0 Å². The highest BCUT2D eigenvalue weighted by molar-refractivity contribution is 5.02. The molecule has 0 saturated carbocycles. The van der Waals surface area contributed by atoms with Gasteiger partial charge in [0.25, 0.3) is 0 Å². The lowest BCUT2D eigenvalue weighted by Gasteiger charge is -2.01. The SMILES string of the molecule is CCCCCCCCCCCCC/C=C/C/C=C/C=C/O. The fourth-order valence-electron chi connectivity index (χ4n) is 2.43. The van der Waals surface area contributed by atoms with Crippen LogP contribution in [0.4, 0.5) is 0 Å². The number of aliphatic hydroxyl groups excluding tert-OH is 1. The van der Waals surface area contributed by atoms with Gasteiger partial charge < -0.3 is 5.11 Å². The summed E-state index contributed by atoms with van der Waals surface area (Å²) in [6, 6.07) is 0. The molecule has 0 aromatic heterocycles. The Hall–Kier alpha value is -0.980. The summed E-state index contributed by atoms with van der Waals surface area (Å²) in [6.45, 7) is 2.28. The first-order chi connectivity index (χ1) is 10.4. The summed E-state index contributed by atoms with van der Waals surface area (Å²) in [7, 11) is 0. The molecule has 21 heavy (non-hydrogen) atoms. The van der Waals surface area contributed by atoms with E-state index in [0.29, 0.717) is 0 Å².